The number of methoxy groups -OCH3 is 1. The van der Waals surface area contributed by atoms with Gasteiger partial charge in [-0.25, -0.2) is 0 Å². The van der Waals surface area contributed by atoms with Gasteiger partial charge in [-0.1, -0.05) is 6.07 Å². The predicted molar refractivity (Wildman–Crippen MR) is 48.9 cm³/mol. The molecule has 0 aliphatic heterocycles. The third kappa shape index (κ3) is 1.91. The van der Waals surface area contributed by atoms with E-state index in [-0.39, 0.29) is 0 Å². The minimum Gasteiger partial charge on any atom is -0.496 e. The summed E-state index contributed by atoms with van der Waals surface area (Å²) in [7, 11) is 1.66. The molecule has 0 N–H and O–H groups in total. The van der Waals surface area contributed by atoms with E-state index in [1.807, 2.05) is 32.0 Å². The van der Waals surface area contributed by atoms with E-state index < -0.39 is 0 Å². The highest BCUT2D eigenvalue weighted by atomic mass is 16.5. The summed E-state index contributed by atoms with van der Waals surface area (Å²) < 4.78 is 10.5. The molecule has 2 nitrogen and oxygen atoms in total. The Hall–Kier alpha value is -1.18. The zero-order valence-electron chi connectivity index (χ0n) is 7.76. The Morgan fingerprint density at radius 3 is 2.67 bits per heavy atom. The lowest BCUT2D eigenvalue weighted by atomic mass is 10.2. The van der Waals surface area contributed by atoms with Crippen LogP contribution in [0.2, 0.25) is 0 Å². The van der Waals surface area contributed by atoms with Gasteiger partial charge in [0.05, 0.1) is 13.7 Å². The van der Waals surface area contributed by atoms with E-state index in [1.54, 1.807) is 7.11 Å². The summed E-state index contributed by atoms with van der Waals surface area (Å²) in [6.45, 7) is 4.66. The number of hydrogen-bond donors (Lipinski definition) is 0. The van der Waals surface area contributed by atoms with Crippen molar-refractivity contribution in [3.05, 3.63) is 23.8 Å². The van der Waals surface area contributed by atoms with Crippen molar-refractivity contribution < 1.29 is 9.47 Å². The molecule has 0 atom stereocenters. The molecule has 1 aromatic rings. The lowest BCUT2D eigenvalue weighted by Gasteiger charge is -2.07. The summed E-state index contributed by atoms with van der Waals surface area (Å²) in [6, 6.07) is 5.84. The van der Waals surface area contributed by atoms with Gasteiger partial charge in [0.1, 0.15) is 11.5 Å². The Kier molecular flexibility index (Phi) is 2.97. The molecule has 0 amide bonds. The molecular formula is C10H14O2. The Labute approximate surface area is 73.1 Å². The van der Waals surface area contributed by atoms with Gasteiger partial charge < -0.3 is 9.47 Å². The smallest absolute Gasteiger partial charge is 0.125 e. The van der Waals surface area contributed by atoms with Crippen molar-refractivity contribution in [2.45, 2.75) is 13.8 Å². The highest BCUT2D eigenvalue weighted by Gasteiger charge is 1.99. The van der Waals surface area contributed by atoms with E-state index in [0.29, 0.717) is 6.61 Å². The SMILES string of the molecule is CCOc1ccc(C)c(OC)c1. The highest BCUT2D eigenvalue weighted by molar-refractivity contribution is 5.39. The van der Waals surface area contributed by atoms with E-state index in [4.69, 9.17) is 9.47 Å². The maximum Gasteiger partial charge on any atom is 0.125 e. The fourth-order valence-electron chi connectivity index (χ4n) is 1.06. The van der Waals surface area contributed by atoms with E-state index in [2.05, 4.69) is 0 Å². The van der Waals surface area contributed by atoms with Crippen LogP contribution in [0.1, 0.15) is 12.5 Å². The minimum atomic E-state index is 0.687. The third-order valence-electron chi connectivity index (χ3n) is 1.69. The van der Waals surface area contributed by atoms with Crippen LogP contribution >= 0.6 is 0 Å². The van der Waals surface area contributed by atoms with Crippen molar-refractivity contribution in [2.24, 2.45) is 0 Å². The van der Waals surface area contributed by atoms with Crippen molar-refractivity contribution in [1.29, 1.82) is 0 Å². The summed E-state index contributed by atoms with van der Waals surface area (Å²) in [6.07, 6.45) is 0. The molecule has 0 aliphatic carbocycles. The molecule has 0 spiro atoms. The van der Waals surface area contributed by atoms with Crippen LogP contribution in [0.15, 0.2) is 18.2 Å². The van der Waals surface area contributed by atoms with E-state index in [0.717, 1.165) is 17.1 Å². The van der Waals surface area contributed by atoms with E-state index in [9.17, 15) is 0 Å². The van der Waals surface area contributed by atoms with Crippen LogP contribution in [0.25, 0.3) is 0 Å². The number of aryl methyl sites for hydroxylation is 1. The fraction of sp³-hybridized carbons (Fsp3) is 0.400. The molecule has 0 unspecified atom stereocenters. The van der Waals surface area contributed by atoms with Crippen molar-refractivity contribution in [3.63, 3.8) is 0 Å². The molecule has 0 fully saturated rings. The van der Waals surface area contributed by atoms with Crippen molar-refractivity contribution in [1.82, 2.24) is 0 Å². The zero-order chi connectivity index (χ0) is 8.97. The van der Waals surface area contributed by atoms with Crippen LogP contribution in [0.3, 0.4) is 0 Å². The van der Waals surface area contributed by atoms with Gasteiger partial charge in [0.25, 0.3) is 0 Å². The molecule has 0 aliphatic rings. The quantitative estimate of drug-likeness (QED) is 0.686. The van der Waals surface area contributed by atoms with Crippen LogP contribution in [0.5, 0.6) is 11.5 Å². The normalized spacial score (nSPS) is 9.58. The average molecular weight is 166 g/mol. The maximum atomic E-state index is 5.32. The lowest BCUT2D eigenvalue weighted by Crippen LogP contribution is -1.93. The summed E-state index contributed by atoms with van der Waals surface area (Å²) in [5.74, 6) is 1.74. The van der Waals surface area contributed by atoms with Gasteiger partial charge in [0.2, 0.25) is 0 Å². The first-order valence-electron chi connectivity index (χ1n) is 4.05. The maximum absolute atomic E-state index is 5.32. The summed E-state index contributed by atoms with van der Waals surface area (Å²) in [4.78, 5) is 0. The Balaban J connectivity index is 2.89. The number of benzene rings is 1. The van der Waals surface area contributed by atoms with Crippen molar-refractivity contribution in [3.8, 4) is 11.5 Å². The van der Waals surface area contributed by atoms with Gasteiger partial charge in [-0.2, -0.15) is 0 Å². The molecule has 0 bridgehead atoms. The van der Waals surface area contributed by atoms with E-state index >= 15 is 0 Å². The molecule has 1 aromatic carbocycles. The van der Waals surface area contributed by atoms with Crippen LogP contribution in [-0.2, 0) is 0 Å². The van der Waals surface area contributed by atoms with Gasteiger partial charge in [-0.15, -0.1) is 0 Å². The molecule has 0 saturated heterocycles. The molecule has 0 radical (unpaired) electrons. The first kappa shape index (κ1) is 8.91. The second-order valence-electron chi connectivity index (χ2n) is 2.56. The molecule has 0 heterocycles. The number of hydrogen-bond acceptors (Lipinski definition) is 2. The Morgan fingerprint density at radius 2 is 2.08 bits per heavy atom. The van der Waals surface area contributed by atoms with Gasteiger partial charge >= 0.3 is 0 Å². The van der Waals surface area contributed by atoms with Crippen molar-refractivity contribution >= 4 is 0 Å². The highest BCUT2D eigenvalue weighted by Crippen LogP contribution is 2.23. The first-order chi connectivity index (χ1) is 5.77. The second-order valence-corrected chi connectivity index (χ2v) is 2.56. The molecule has 66 valence electrons. The molecule has 0 aromatic heterocycles. The summed E-state index contributed by atoms with van der Waals surface area (Å²) in [5.41, 5.74) is 1.13. The van der Waals surface area contributed by atoms with Gasteiger partial charge in [-0.05, 0) is 25.5 Å². The number of ether oxygens (including phenoxy) is 2. The summed E-state index contributed by atoms with van der Waals surface area (Å²) >= 11 is 0. The van der Waals surface area contributed by atoms with Gasteiger partial charge in [-0.3, -0.25) is 0 Å². The topological polar surface area (TPSA) is 18.5 Å². The van der Waals surface area contributed by atoms with Crippen molar-refractivity contribution in [2.75, 3.05) is 13.7 Å². The second kappa shape index (κ2) is 4.00. The number of rotatable bonds is 3. The van der Waals surface area contributed by atoms with Gasteiger partial charge in [0.15, 0.2) is 0 Å². The standard InChI is InChI=1S/C10H14O2/c1-4-12-9-6-5-8(2)10(7-9)11-3/h5-7H,4H2,1-3H3. The van der Waals surface area contributed by atoms with Gasteiger partial charge in [0, 0.05) is 6.07 Å². The largest absolute Gasteiger partial charge is 0.496 e. The third-order valence-corrected chi connectivity index (χ3v) is 1.69. The van der Waals surface area contributed by atoms with Crippen LogP contribution in [0.4, 0.5) is 0 Å². The molecule has 2 heteroatoms. The Morgan fingerprint density at radius 1 is 1.33 bits per heavy atom. The van der Waals surface area contributed by atoms with Crippen LogP contribution < -0.4 is 9.47 Å². The zero-order valence-corrected chi connectivity index (χ0v) is 7.76. The monoisotopic (exact) mass is 166 g/mol. The molecule has 1 rings (SSSR count). The fourth-order valence-corrected chi connectivity index (χ4v) is 1.06. The first-order valence-corrected chi connectivity index (χ1v) is 4.05. The van der Waals surface area contributed by atoms with Crippen LogP contribution in [0, 0.1) is 6.92 Å². The minimum absolute atomic E-state index is 0.687. The molecular weight excluding hydrogens is 152 g/mol. The van der Waals surface area contributed by atoms with E-state index in [1.165, 1.54) is 0 Å². The molecule has 0 saturated carbocycles. The lowest BCUT2D eigenvalue weighted by molar-refractivity contribution is 0.336. The predicted octanol–water partition coefficient (Wildman–Crippen LogP) is 2.40. The van der Waals surface area contributed by atoms with Crippen LogP contribution in [-0.4, -0.2) is 13.7 Å². The average Bonchev–Trinajstić information content (AvgIpc) is 2.09. The Bertz CT molecular complexity index is 256. The summed E-state index contributed by atoms with van der Waals surface area (Å²) in [5, 5.41) is 0. The molecule has 12 heavy (non-hydrogen) atoms.